The monoisotopic (exact) mass is 534 g/mol. The minimum Gasteiger partial charge on any atom is -0.383 e. The number of pyridine rings is 1. The maximum Gasteiger partial charge on any atom is 0.110 e. The first-order chi connectivity index (χ1) is 17.9. The van der Waals surface area contributed by atoms with Crippen LogP contribution in [0.2, 0.25) is 10.0 Å². The molecule has 0 saturated heterocycles. The van der Waals surface area contributed by atoms with Crippen molar-refractivity contribution in [3.8, 4) is 6.07 Å². The van der Waals surface area contributed by atoms with E-state index in [0.717, 1.165) is 12.8 Å². The third-order valence-corrected chi connectivity index (χ3v) is 7.15. The van der Waals surface area contributed by atoms with E-state index in [0.29, 0.717) is 55.7 Å². The molecule has 4 aromatic rings. The molecule has 5 rings (SSSR count). The zero-order valence-electron chi connectivity index (χ0n) is 22.2. The molecule has 190 valence electrons. The molecule has 1 aliphatic carbocycles. The van der Waals surface area contributed by atoms with Crippen LogP contribution in [0.5, 0.6) is 0 Å². The van der Waals surface area contributed by atoms with E-state index in [1.807, 2.05) is 29.1 Å². The number of hydrogen-bond acceptors (Lipinski definition) is 6. The molecule has 0 aliphatic heterocycles. The predicted molar refractivity (Wildman–Crippen MR) is 149 cm³/mol. The molecule has 37 heavy (non-hydrogen) atoms. The van der Waals surface area contributed by atoms with Gasteiger partial charge in [0.1, 0.15) is 11.8 Å². The Hall–Kier alpha value is -3.34. The maximum absolute atomic E-state index is 9.79. The number of nitrogens with one attached hydrogen (secondary N) is 2. The van der Waals surface area contributed by atoms with Crippen LogP contribution in [-0.2, 0) is 5.54 Å². The Morgan fingerprint density at radius 2 is 1.97 bits per heavy atom. The van der Waals surface area contributed by atoms with Crippen LogP contribution in [0.15, 0.2) is 48.8 Å². The van der Waals surface area contributed by atoms with Gasteiger partial charge in [0, 0.05) is 28.8 Å². The van der Waals surface area contributed by atoms with Crippen molar-refractivity contribution in [2.75, 3.05) is 17.2 Å². The summed E-state index contributed by atoms with van der Waals surface area (Å²) in [7, 11) is 0. The normalized spacial score (nSPS) is 16.5. The van der Waals surface area contributed by atoms with Gasteiger partial charge in [0.15, 0.2) is 0 Å². The summed E-state index contributed by atoms with van der Waals surface area (Å²) in [6, 6.07) is 11.4. The lowest BCUT2D eigenvalue weighted by Gasteiger charge is -2.22. The number of nitriles is 1. The zero-order valence-corrected chi connectivity index (χ0v) is 22.7. The van der Waals surface area contributed by atoms with Crippen LogP contribution in [0.25, 0.3) is 10.9 Å². The van der Waals surface area contributed by atoms with Gasteiger partial charge in [0.2, 0.25) is 0 Å². The van der Waals surface area contributed by atoms with E-state index in [4.69, 9.17) is 23.2 Å². The highest BCUT2D eigenvalue weighted by atomic mass is 35.5. The van der Waals surface area contributed by atoms with E-state index in [2.05, 4.69) is 59.7 Å². The van der Waals surface area contributed by atoms with E-state index in [1.54, 1.807) is 18.2 Å². The van der Waals surface area contributed by atoms with Crippen molar-refractivity contribution in [3.05, 3.63) is 75.7 Å². The van der Waals surface area contributed by atoms with Crippen LogP contribution in [0, 0.1) is 16.7 Å². The van der Waals surface area contributed by atoms with E-state index < -0.39 is 6.02 Å². The van der Waals surface area contributed by atoms with Crippen LogP contribution >= 0.6 is 23.2 Å². The summed E-state index contributed by atoms with van der Waals surface area (Å²) in [4.78, 5) is 4.45. The van der Waals surface area contributed by atoms with Crippen molar-refractivity contribution in [2.45, 2.75) is 52.1 Å². The van der Waals surface area contributed by atoms with Crippen LogP contribution < -0.4 is 10.6 Å². The van der Waals surface area contributed by atoms with Gasteiger partial charge in [-0.3, -0.25) is 4.98 Å². The Bertz CT molecular complexity index is 1570. The lowest BCUT2D eigenvalue weighted by atomic mass is 9.96. The highest BCUT2D eigenvalue weighted by Crippen LogP contribution is 2.43. The molecule has 1 saturated carbocycles. The zero-order chi connectivity index (χ0) is 27.3. The van der Waals surface area contributed by atoms with Crippen molar-refractivity contribution in [1.82, 2.24) is 20.0 Å². The largest absolute Gasteiger partial charge is 0.383 e. The Morgan fingerprint density at radius 1 is 1.22 bits per heavy atom. The topological polar surface area (TPSA) is 91.5 Å². The van der Waals surface area contributed by atoms with E-state index in [-0.39, 0.29) is 11.0 Å². The number of aromatic nitrogens is 4. The maximum atomic E-state index is 9.79. The van der Waals surface area contributed by atoms with Gasteiger partial charge in [-0.15, -0.1) is 5.10 Å². The predicted octanol–water partition coefficient (Wildman–Crippen LogP) is 7.17. The van der Waals surface area contributed by atoms with Crippen LogP contribution in [0.4, 0.5) is 11.4 Å². The smallest absolute Gasteiger partial charge is 0.110 e. The minimum atomic E-state index is -1.57. The van der Waals surface area contributed by atoms with E-state index >= 15 is 0 Å². The highest BCUT2D eigenvalue weighted by Gasteiger charge is 2.41. The molecular weight excluding hydrogens is 505 g/mol. The average Bonchev–Trinajstić information content (AvgIpc) is 3.39. The minimum absolute atomic E-state index is 0.0214. The molecule has 1 unspecified atom stereocenters. The lowest BCUT2D eigenvalue weighted by molar-refractivity contribution is 0.443. The molecule has 2 heterocycles. The lowest BCUT2D eigenvalue weighted by Crippen LogP contribution is -2.20. The van der Waals surface area contributed by atoms with Crippen molar-refractivity contribution in [3.63, 3.8) is 0 Å². The number of halogens is 2. The fourth-order valence-electron chi connectivity index (χ4n) is 4.09. The summed E-state index contributed by atoms with van der Waals surface area (Å²) in [5.74, 6) is 0. The van der Waals surface area contributed by atoms with Gasteiger partial charge in [-0.05, 0) is 48.9 Å². The Labute approximate surface area is 228 Å². The Kier molecular flexibility index (Phi) is 6.18. The van der Waals surface area contributed by atoms with Gasteiger partial charge < -0.3 is 10.6 Å². The second kappa shape index (κ2) is 9.51. The fraction of sp³-hybridized carbons (Fsp3) is 0.357. The van der Waals surface area contributed by atoms with Gasteiger partial charge >= 0.3 is 0 Å². The number of rotatable bonds is 7. The standard InChI is InChI=1S/C28H29Cl2N7/c1-27(2,3)16-33-24-17(13-31)14-32-25-20(24)11-18(12-22(25)30)34-26(19-7-5-6-8-21(19)29)23-15-37(36-35-23)28(4)9-10-28/h5-8,11-12,14-15,26,34H,9-10,16H2,1-4H3,(H,32,33)/i26D. The first kappa shape index (κ1) is 24.0. The molecule has 0 spiro atoms. The summed E-state index contributed by atoms with van der Waals surface area (Å²) in [6.45, 7) is 9.10. The summed E-state index contributed by atoms with van der Waals surface area (Å²) in [5.41, 5.74) is 3.02. The fourth-order valence-corrected chi connectivity index (χ4v) is 4.59. The number of hydrogen-bond donors (Lipinski definition) is 2. The Balaban J connectivity index is 1.64. The molecule has 0 amide bonds. The van der Waals surface area contributed by atoms with Crippen LogP contribution in [0.1, 0.15) is 64.7 Å². The van der Waals surface area contributed by atoms with Gasteiger partial charge in [0.05, 0.1) is 40.9 Å². The molecule has 2 aromatic carbocycles. The molecule has 0 bridgehead atoms. The number of anilines is 2. The molecule has 0 radical (unpaired) electrons. The molecule has 7 nitrogen and oxygen atoms in total. The molecular formula is C28H29Cl2N7. The van der Waals surface area contributed by atoms with Gasteiger partial charge in [-0.25, -0.2) is 4.68 Å². The summed E-state index contributed by atoms with van der Waals surface area (Å²) in [6.07, 6.45) is 5.37. The van der Waals surface area contributed by atoms with Crippen LogP contribution in [0.3, 0.4) is 0 Å². The van der Waals surface area contributed by atoms with E-state index in [1.165, 1.54) is 6.20 Å². The summed E-state index contributed by atoms with van der Waals surface area (Å²) >= 11 is 13.3. The van der Waals surface area contributed by atoms with Crippen molar-refractivity contribution >= 4 is 45.5 Å². The summed E-state index contributed by atoms with van der Waals surface area (Å²) in [5, 5.41) is 26.8. The second-order valence-electron chi connectivity index (χ2n) is 11.0. The first-order valence-electron chi connectivity index (χ1n) is 12.7. The van der Waals surface area contributed by atoms with E-state index in [9.17, 15) is 6.63 Å². The summed E-state index contributed by atoms with van der Waals surface area (Å²) < 4.78 is 11.5. The third-order valence-electron chi connectivity index (χ3n) is 6.53. The number of fused-ring (bicyclic) bond motifs is 1. The highest BCUT2D eigenvalue weighted by molar-refractivity contribution is 6.36. The van der Waals surface area contributed by atoms with Gasteiger partial charge in [-0.1, -0.05) is 67.4 Å². The van der Waals surface area contributed by atoms with Crippen molar-refractivity contribution in [2.24, 2.45) is 5.41 Å². The first-order valence-corrected chi connectivity index (χ1v) is 12.9. The molecule has 2 N–H and O–H groups in total. The van der Waals surface area contributed by atoms with Gasteiger partial charge in [-0.2, -0.15) is 5.26 Å². The molecule has 9 heteroatoms. The average molecular weight is 536 g/mol. The molecule has 2 aromatic heterocycles. The third kappa shape index (κ3) is 5.22. The van der Waals surface area contributed by atoms with Crippen LogP contribution in [-0.4, -0.2) is 26.5 Å². The Morgan fingerprint density at radius 3 is 2.65 bits per heavy atom. The van der Waals surface area contributed by atoms with Gasteiger partial charge in [0.25, 0.3) is 0 Å². The number of benzene rings is 2. The SMILES string of the molecule is [2H]C(Nc1cc(Cl)c2ncc(C#N)c(NCC(C)(C)C)c2c1)(c1cn(C2(C)CC2)nn1)c1ccccc1Cl. The number of nitrogens with zero attached hydrogens (tertiary/aromatic N) is 5. The van der Waals surface area contributed by atoms with Crippen molar-refractivity contribution in [1.29, 1.82) is 5.26 Å². The molecule has 1 aliphatic rings. The molecule has 1 fully saturated rings. The second-order valence-corrected chi connectivity index (χ2v) is 11.8. The van der Waals surface area contributed by atoms with Crippen molar-refractivity contribution < 1.29 is 1.37 Å². The quantitative estimate of drug-likeness (QED) is 0.261. The molecule has 1 atom stereocenters.